The fourth-order valence-electron chi connectivity index (χ4n) is 2.41. The van der Waals surface area contributed by atoms with Crippen LogP contribution in [0.5, 0.6) is 0 Å². The third-order valence-electron chi connectivity index (χ3n) is 3.22. The fraction of sp³-hybridized carbons (Fsp3) is 0.917. The van der Waals surface area contributed by atoms with Gasteiger partial charge in [0, 0.05) is 19.5 Å². The summed E-state index contributed by atoms with van der Waals surface area (Å²) in [5, 5.41) is 5.96. The first kappa shape index (κ1) is 12.5. The van der Waals surface area contributed by atoms with Gasteiger partial charge < -0.3 is 10.6 Å². The number of hydrogen-bond donors (Lipinski definition) is 2. The Kier molecular flexibility index (Phi) is 5.69. The third kappa shape index (κ3) is 5.17. The molecule has 1 fully saturated rings. The monoisotopic (exact) mass is 212 g/mol. The zero-order valence-electron chi connectivity index (χ0n) is 10.0. The largest absolute Gasteiger partial charge is 0.355 e. The van der Waals surface area contributed by atoms with Crippen LogP contribution in [0.3, 0.4) is 0 Å². The van der Waals surface area contributed by atoms with Crippen LogP contribution in [0, 0.1) is 11.8 Å². The van der Waals surface area contributed by atoms with E-state index in [1.54, 1.807) is 0 Å². The standard InChI is InChI=1S/C12H24N2O/c1-10-4-3-5-11(8-10)9-12(15)14-7-6-13-2/h10-11,13H,3-9H2,1-2H3,(H,14,15). The second-order valence-electron chi connectivity index (χ2n) is 4.80. The number of rotatable bonds is 5. The lowest BCUT2D eigenvalue weighted by Crippen LogP contribution is -2.32. The molecule has 0 heterocycles. The van der Waals surface area contributed by atoms with Gasteiger partial charge in [-0.2, -0.15) is 0 Å². The number of amides is 1. The number of likely N-dealkylation sites (N-methyl/N-ethyl adjacent to an activating group) is 1. The molecule has 2 atom stereocenters. The number of carbonyl (C=O) groups excluding carboxylic acids is 1. The average Bonchev–Trinajstić information content (AvgIpc) is 2.18. The van der Waals surface area contributed by atoms with Crippen molar-refractivity contribution in [2.24, 2.45) is 11.8 Å². The van der Waals surface area contributed by atoms with Crippen molar-refractivity contribution in [3.63, 3.8) is 0 Å². The van der Waals surface area contributed by atoms with Gasteiger partial charge in [0.2, 0.25) is 5.91 Å². The van der Waals surface area contributed by atoms with Crippen LogP contribution in [0.25, 0.3) is 0 Å². The van der Waals surface area contributed by atoms with Crippen LogP contribution in [-0.4, -0.2) is 26.0 Å². The Balaban J connectivity index is 2.13. The highest BCUT2D eigenvalue weighted by Gasteiger charge is 2.20. The smallest absolute Gasteiger partial charge is 0.220 e. The molecule has 1 aliphatic rings. The molecule has 1 rings (SSSR count). The number of nitrogens with one attached hydrogen (secondary N) is 2. The van der Waals surface area contributed by atoms with Gasteiger partial charge in [-0.05, 0) is 31.7 Å². The summed E-state index contributed by atoms with van der Waals surface area (Å²) in [5.74, 6) is 1.67. The van der Waals surface area contributed by atoms with E-state index in [-0.39, 0.29) is 5.91 Å². The van der Waals surface area contributed by atoms with E-state index in [9.17, 15) is 4.79 Å². The maximum absolute atomic E-state index is 11.6. The minimum atomic E-state index is 0.226. The molecule has 3 heteroatoms. The van der Waals surface area contributed by atoms with Gasteiger partial charge in [-0.1, -0.05) is 19.8 Å². The quantitative estimate of drug-likeness (QED) is 0.679. The summed E-state index contributed by atoms with van der Waals surface area (Å²) in [7, 11) is 1.90. The van der Waals surface area contributed by atoms with Gasteiger partial charge in [0.05, 0.1) is 0 Å². The molecular weight excluding hydrogens is 188 g/mol. The number of hydrogen-bond acceptors (Lipinski definition) is 2. The van der Waals surface area contributed by atoms with Gasteiger partial charge in [-0.3, -0.25) is 4.79 Å². The Labute approximate surface area is 93.0 Å². The molecule has 1 amide bonds. The van der Waals surface area contributed by atoms with Crippen LogP contribution in [0.4, 0.5) is 0 Å². The van der Waals surface area contributed by atoms with Crippen molar-refractivity contribution in [1.29, 1.82) is 0 Å². The zero-order valence-corrected chi connectivity index (χ0v) is 10.0. The van der Waals surface area contributed by atoms with Gasteiger partial charge >= 0.3 is 0 Å². The summed E-state index contributed by atoms with van der Waals surface area (Å²) in [6.07, 6.45) is 5.85. The summed E-state index contributed by atoms with van der Waals surface area (Å²) >= 11 is 0. The van der Waals surface area contributed by atoms with Gasteiger partial charge in [0.25, 0.3) is 0 Å². The minimum Gasteiger partial charge on any atom is -0.355 e. The van der Waals surface area contributed by atoms with Gasteiger partial charge in [0.1, 0.15) is 0 Å². The predicted molar refractivity (Wildman–Crippen MR) is 62.7 cm³/mol. The van der Waals surface area contributed by atoms with E-state index in [4.69, 9.17) is 0 Å². The first-order valence-corrected chi connectivity index (χ1v) is 6.13. The Bertz CT molecular complexity index is 194. The molecule has 0 spiro atoms. The topological polar surface area (TPSA) is 41.1 Å². The van der Waals surface area contributed by atoms with E-state index in [0.717, 1.165) is 25.4 Å². The zero-order chi connectivity index (χ0) is 11.1. The van der Waals surface area contributed by atoms with Gasteiger partial charge in [-0.15, -0.1) is 0 Å². The number of carbonyl (C=O) groups is 1. The first-order chi connectivity index (χ1) is 7.22. The molecule has 0 aromatic rings. The summed E-state index contributed by atoms with van der Waals surface area (Å²) in [6, 6.07) is 0. The molecule has 0 saturated heterocycles. The van der Waals surface area contributed by atoms with Gasteiger partial charge in [-0.25, -0.2) is 0 Å². The molecule has 1 saturated carbocycles. The second kappa shape index (κ2) is 6.83. The molecule has 0 aromatic carbocycles. The Hall–Kier alpha value is -0.570. The van der Waals surface area contributed by atoms with Crippen molar-refractivity contribution in [2.75, 3.05) is 20.1 Å². The molecule has 0 aliphatic heterocycles. The van der Waals surface area contributed by atoms with E-state index in [1.807, 2.05) is 7.05 Å². The maximum atomic E-state index is 11.6. The van der Waals surface area contributed by atoms with E-state index in [2.05, 4.69) is 17.6 Å². The van der Waals surface area contributed by atoms with E-state index < -0.39 is 0 Å². The van der Waals surface area contributed by atoms with Crippen LogP contribution in [0.1, 0.15) is 39.0 Å². The summed E-state index contributed by atoms with van der Waals surface area (Å²) in [6.45, 7) is 3.90. The normalized spacial score (nSPS) is 26.3. The average molecular weight is 212 g/mol. The van der Waals surface area contributed by atoms with Crippen molar-refractivity contribution in [2.45, 2.75) is 39.0 Å². The lowest BCUT2D eigenvalue weighted by atomic mass is 9.81. The summed E-state index contributed by atoms with van der Waals surface area (Å²) in [5.41, 5.74) is 0. The predicted octanol–water partition coefficient (Wildman–Crippen LogP) is 1.54. The highest BCUT2D eigenvalue weighted by Crippen LogP contribution is 2.30. The maximum Gasteiger partial charge on any atom is 0.220 e. The molecule has 0 bridgehead atoms. The SMILES string of the molecule is CNCCNC(=O)CC1CCCC(C)C1. The van der Waals surface area contributed by atoms with Crippen LogP contribution in [0.2, 0.25) is 0 Å². The lowest BCUT2D eigenvalue weighted by molar-refractivity contribution is -0.122. The Morgan fingerprint density at radius 3 is 2.80 bits per heavy atom. The van der Waals surface area contributed by atoms with Crippen molar-refractivity contribution in [1.82, 2.24) is 10.6 Å². The molecule has 3 nitrogen and oxygen atoms in total. The van der Waals surface area contributed by atoms with E-state index in [1.165, 1.54) is 25.7 Å². The molecule has 0 radical (unpaired) electrons. The summed E-state index contributed by atoms with van der Waals surface area (Å²) < 4.78 is 0. The second-order valence-corrected chi connectivity index (χ2v) is 4.80. The first-order valence-electron chi connectivity index (χ1n) is 6.13. The van der Waals surface area contributed by atoms with Crippen LogP contribution >= 0.6 is 0 Å². The molecular formula is C12H24N2O. The molecule has 1 aliphatic carbocycles. The lowest BCUT2D eigenvalue weighted by Gasteiger charge is -2.26. The molecule has 88 valence electrons. The highest BCUT2D eigenvalue weighted by molar-refractivity contribution is 5.76. The third-order valence-corrected chi connectivity index (χ3v) is 3.22. The minimum absolute atomic E-state index is 0.226. The van der Waals surface area contributed by atoms with E-state index >= 15 is 0 Å². The van der Waals surface area contributed by atoms with Crippen LogP contribution in [-0.2, 0) is 4.79 Å². The summed E-state index contributed by atoms with van der Waals surface area (Å²) in [4.78, 5) is 11.6. The van der Waals surface area contributed by atoms with Crippen molar-refractivity contribution in [3.05, 3.63) is 0 Å². The molecule has 0 aromatic heterocycles. The van der Waals surface area contributed by atoms with Crippen LogP contribution in [0.15, 0.2) is 0 Å². The molecule has 15 heavy (non-hydrogen) atoms. The highest BCUT2D eigenvalue weighted by atomic mass is 16.1. The van der Waals surface area contributed by atoms with Crippen LogP contribution < -0.4 is 10.6 Å². The fourth-order valence-corrected chi connectivity index (χ4v) is 2.41. The van der Waals surface area contributed by atoms with Crippen molar-refractivity contribution < 1.29 is 4.79 Å². The van der Waals surface area contributed by atoms with E-state index in [0.29, 0.717) is 5.92 Å². The molecule has 2 unspecified atom stereocenters. The van der Waals surface area contributed by atoms with Crippen molar-refractivity contribution >= 4 is 5.91 Å². The Morgan fingerprint density at radius 1 is 1.33 bits per heavy atom. The van der Waals surface area contributed by atoms with Gasteiger partial charge in [0.15, 0.2) is 0 Å². The van der Waals surface area contributed by atoms with Crippen molar-refractivity contribution in [3.8, 4) is 0 Å². The Morgan fingerprint density at radius 2 is 2.13 bits per heavy atom. The molecule has 2 N–H and O–H groups in total.